The maximum atomic E-state index is 13.2. The van der Waals surface area contributed by atoms with E-state index < -0.39 is 0 Å². The van der Waals surface area contributed by atoms with E-state index in [0.29, 0.717) is 18.7 Å². The zero-order valence-corrected chi connectivity index (χ0v) is 14.9. The van der Waals surface area contributed by atoms with Gasteiger partial charge in [-0.05, 0) is 24.5 Å². The van der Waals surface area contributed by atoms with Crippen molar-refractivity contribution in [2.45, 2.75) is 25.4 Å². The number of nitriles is 1. The van der Waals surface area contributed by atoms with Gasteiger partial charge >= 0.3 is 6.03 Å². The monoisotopic (exact) mass is 363 g/mol. The molecule has 0 aromatic heterocycles. The number of amides is 2. The molecule has 1 aromatic carbocycles. The molecule has 4 rings (SSSR count). The van der Waals surface area contributed by atoms with Crippen LogP contribution in [0.1, 0.15) is 24.0 Å². The number of likely N-dealkylation sites (tertiary alicyclic amines) is 1. The normalized spacial score (nSPS) is 21.9. The smallest absolute Gasteiger partial charge is 0.350 e. The number of aliphatic imine (C=N–C) groups is 1. The first-order chi connectivity index (χ1) is 13.2. The van der Waals surface area contributed by atoms with Gasteiger partial charge in [-0.3, -0.25) is 9.91 Å². The summed E-state index contributed by atoms with van der Waals surface area (Å²) in [5.41, 5.74) is 7.54. The molecular formula is C19H21N7O. The Bertz CT molecular complexity index is 869. The predicted molar refractivity (Wildman–Crippen MR) is 100 cm³/mol. The predicted octanol–water partition coefficient (Wildman–Crippen LogP) is 1.75. The number of hydrogen-bond donors (Lipinski definition) is 1. The number of fused-ring (bicyclic) bond motifs is 1. The van der Waals surface area contributed by atoms with Crippen molar-refractivity contribution in [1.29, 1.82) is 5.26 Å². The fourth-order valence-corrected chi connectivity index (χ4v) is 3.56. The number of carbonyl (C=O) groups is 1. The molecule has 0 bridgehead atoms. The Hall–Kier alpha value is -3.31. The van der Waals surface area contributed by atoms with Gasteiger partial charge in [-0.1, -0.05) is 18.2 Å². The highest BCUT2D eigenvalue weighted by Crippen LogP contribution is 2.27. The van der Waals surface area contributed by atoms with E-state index in [1.807, 2.05) is 24.4 Å². The van der Waals surface area contributed by atoms with E-state index in [-0.39, 0.29) is 12.1 Å². The molecule has 0 saturated carbocycles. The van der Waals surface area contributed by atoms with Crippen molar-refractivity contribution in [3.63, 3.8) is 0 Å². The first kappa shape index (κ1) is 17.1. The van der Waals surface area contributed by atoms with Gasteiger partial charge in [-0.2, -0.15) is 10.3 Å². The molecule has 3 aliphatic rings. The lowest BCUT2D eigenvalue weighted by Crippen LogP contribution is -2.56. The number of benzene rings is 1. The molecule has 0 spiro atoms. The third-order valence-electron chi connectivity index (χ3n) is 4.93. The Labute approximate surface area is 158 Å². The van der Waals surface area contributed by atoms with Gasteiger partial charge in [-0.25, -0.2) is 9.79 Å². The summed E-state index contributed by atoms with van der Waals surface area (Å²) in [6.07, 6.45) is 8.74. The van der Waals surface area contributed by atoms with Gasteiger partial charge in [0, 0.05) is 31.5 Å². The molecule has 8 heteroatoms. The van der Waals surface area contributed by atoms with E-state index in [4.69, 9.17) is 5.73 Å². The van der Waals surface area contributed by atoms with Crippen molar-refractivity contribution in [3.05, 3.63) is 59.8 Å². The van der Waals surface area contributed by atoms with E-state index in [1.165, 1.54) is 11.3 Å². The molecule has 0 aliphatic carbocycles. The van der Waals surface area contributed by atoms with Crippen molar-refractivity contribution in [2.24, 2.45) is 10.7 Å². The Morgan fingerprint density at radius 2 is 2.19 bits per heavy atom. The molecule has 1 aromatic rings. The van der Waals surface area contributed by atoms with E-state index >= 15 is 0 Å². The van der Waals surface area contributed by atoms with E-state index in [0.717, 1.165) is 30.8 Å². The lowest BCUT2D eigenvalue weighted by molar-refractivity contribution is 0.0837. The van der Waals surface area contributed by atoms with Gasteiger partial charge < -0.3 is 10.6 Å². The number of carbonyl (C=O) groups excluding carboxylic acids is 1. The largest absolute Gasteiger partial charge is 0.355 e. The highest BCUT2D eigenvalue weighted by molar-refractivity contribution is 5.88. The average molecular weight is 363 g/mol. The molecule has 27 heavy (non-hydrogen) atoms. The van der Waals surface area contributed by atoms with Crippen LogP contribution in [0.2, 0.25) is 0 Å². The van der Waals surface area contributed by atoms with Crippen LogP contribution in [0.15, 0.2) is 53.7 Å². The van der Waals surface area contributed by atoms with Crippen molar-refractivity contribution >= 4 is 12.4 Å². The van der Waals surface area contributed by atoms with Crippen LogP contribution in [0.4, 0.5) is 4.79 Å². The Morgan fingerprint density at radius 1 is 1.33 bits per heavy atom. The molecule has 2 N–H and O–H groups in total. The van der Waals surface area contributed by atoms with Crippen LogP contribution in [0, 0.1) is 11.3 Å². The second-order valence-corrected chi connectivity index (χ2v) is 6.76. The summed E-state index contributed by atoms with van der Waals surface area (Å²) in [7, 11) is 0. The molecule has 1 atom stereocenters. The van der Waals surface area contributed by atoms with Gasteiger partial charge in [0.05, 0.1) is 24.4 Å². The molecule has 3 aliphatic heterocycles. The zero-order chi connectivity index (χ0) is 18.8. The van der Waals surface area contributed by atoms with E-state index in [9.17, 15) is 10.1 Å². The summed E-state index contributed by atoms with van der Waals surface area (Å²) >= 11 is 0. The third kappa shape index (κ3) is 3.25. The maximum absolute atomic E-state index is 13.2. The average Bonchev–Trinajstić information content (AvgIpc) is 2.70. The van der Waals surface area contributed by atoms with Crippen LogP contribution in [0.5, 0.6) is 0 Å². The molecule has 1 saturated heterocycles. The molecule has 1 fully saturated rings. The fourth-order valence-electron chi connectivity index (χ4n) is 3.56. The molecule has 3 heterocycles. The second kappa shape index (κ2) is 7.13. The van der Waals surface area contributed by atoms with Crippen LogP contribution in [-0.2, 0) is 6.54 Å². The summed E-state index contributed by atoms with van der Waals surface area (Å²) in [4.78, 5) is 21.1. The van der Waals surface area contributed by atoms with Crippen LogP contribution in [0.25, 0.3) is 0 Å². The van der Waals surface area contributed by atoms with Gasteiger partial charge in [0.25, 0.3) is 0 Å². The molecule has 1 unspecified atom stereocenters. The molecule has 138 valence electrons. The van der Waals surface area contributed by atoms with Gasteiger partial charge in [0.15, 0.2) is 0 Å². The van der Waals surface area contributed by atoms with Gasteiger partial charge in [0.1, 0.15) is 12.2 Å². The second-order valence-electron chi connectivity index (χ2n) is 6.76. The van der Waals surface area contributed by atoms with E-state index in [1.54, 1.807) is 28.4 Å². The number of nitrogens with two attached hydrogens (primary N) is 1. The van der Waals surface area contributed by atoms with Crippen LogP contribution >= 0.6 is 0 Å². The van der Waals surface area contributed by atoms with Crippen molar-refractivity contribution in [3.8, 4) is 6.07 Å². The summed E-state index contributed by atoms with van der Waals surface area (Å²) in [6.45, 7) is 1.85. The summed E-state index contributed by atoms with van der Waals surface area (Å²) in [6, 6.07) is 9.42. The van der Waals surface area contributed by atoms with Crippen LogP contribution in [0.3, 0.4) is 0 Å². The third-order valence-corrected chi connectivity index (χ3v) is 4.93. The minimum absolute atomic E-state index is 0.0829. The standard InChI is InChI=1S/C19H21N7O/c20-10-15-4-1-2-5-16(15)11-25-18(23-8-3-6-17(21)12-23)13-24-9-7-22-14-26(24)19(25)27/h1-2,4-5,7,9,13-14,17H,3,6,8,11-12,21H2. The van der Waals surface area contributed by atoms with Gasteiger partial charge in [-0.15, -0.1) is 0 Å². The highest BCUT2D eigenvalue weighted by atomic mass is 16.2. The first-order valence-corrected chi connectivity index (χ1v) is 8.96. The number of nitrogens with zero attached hydrogens (tertiary/aromatic N) is 6. The number of hydrazine groups is 1. The molecule has 8 nitrogen and oxygen atoms in total. The summed E-state index contributed by atoms with van der Waals surface area (Å²) in [5, 5.41) is 12.6. The fraction of sp³-hybridized carbons (Fsp3) is 0.316. The number of rotatable bonds is 3. The first-order valence-electron chi connectivity index (χ1n) is 8.96. The van der Waals surface area contributed by atoms with Crippen LogP contribution < -0.4 is 5.73 Å². The Balaban J connectivity index is 1.71. The topological polar surface area (TPSA) is 92.2 Å². The van der Waals surface area contributed by atoms with Crippen molar-refractivity contribution in [1.82, 2.24) is 19.8 Å². The summed E-state index contributed by atoms with van der Waals surface area (Å²) < 4.78 is 0. The van der Waals surface area contributed by atoms with Gasteiger partial charge in [0.2, 0.25) is 0 Å². The SMILES string of the molecule is N#Cc1ccccc1CN1C(=O)N2C=NC=CN2C=C1N1CCCC(N)C1. The molecule has 0 radical (unpaired) electrons. The number of urea groups is 1. The van der Waals surface area contributed by atoms with Crippen molar-refractivity contribution in [2.75, 3.05) is 13.1 Å². The Morgan fingerprint density at radius 3 is 3.00 bits per heavy atom. The lowest BCUT2D eigenvalue weighted by Gasteiger charge is -2.45. The lowest BCUT2D eigenvalue weighted by atomic mass is 10.1. The van der Waals surface area contributed by atoms with Crippen molar-refractivity contribution < 1.29 is 4.79 Å². The number of hydrogen-bond acceptors (Lipinski definition) is 6. The zero-order valence-electron chi connectivity index (χ0n) is 14.9. The minimum Gasteiger partial charge on any atom is -0.355 e. The summed E-state index contributed by atoms with van der Waals surface area (Å²) in [5.74, 6) is 0.791. The molecular weight excluding hydrogens is 342 g/mol. The molecule has 2 amide bonds. The highest BCUT2D eigenvalue weighted by Gasteiger charge is 2.36. The Kier molecular flexibility index (Phi) is 4.52. The van der Waals surface area contributed by atoms with Crippen LogP contribution in [-0.4, -0.2) is 51.3 Å². The quantitative estimate of drug-likeness (QED) is 0.883. The number of piperidine rings is 1. The van der Waals surface area contributed by atoms with E-state index in [2.05, 4.69) is 16.0 Å². The minimum atomic E-state index is -0.215. The maximum Gasteiger partial charge on any atom is 0.350 e.